The maximum absolute atomic E-state index is 13.3. The smallest absolute Gasteiger partial charge is 0.253 e. The number of sulfonamides is 1. The molecular formula is C27H29ClN4O3S. The van der Waals surface area contributed by atoms with E-state index in [2.05, 4.69) is 4.90 Å². The van der Waals surface area contributed by atoms with Crippen molar-refractivity contribution in [1.82, 2.24) is 14.1 Å². The summed E-state index contributed by atoms with van der Waals surface area (Å²) in [6, 6.07) is 18.2. The molecule has 2 saturated heterocycles. The van der Waals surface area contributed by atoms with Gasteiger partial charge in [-0.3, -0.25) is 10.2 Å². The SMILES string of the molecule is CC(=N)N1CCC(c2ccc(C(=O)N3CCN(S(=O)(=O)c4ccc5cc(Cl)ccc5c4)CC3)cc2)C1. The van der Waals surface area contributed by atoms with Crippen molar-refractivity contribution < 1.29 is 13.2 Å². The molecule has 2 aliphatic rings. The van der Waals surface area contributed by atoms with Crippen LogP contribution in [0.5, 0.6) is 0 Å². The zero-order valence-electron chi connectivity index (χ0n) is 20.2. The van der Waals surface area contributed by atoms with E-state index in [0.29, 0.717) is 35.4 Å². The van der Waals surface area contributed by atoms with Crippen LogP contribution in [0.1, 0.15) is 35.2 Å². The van der Waals surface area contributed by atoms with Gasteiger partial charge in [0.15, 0.2) is 0 Å². The Hall–Kier alpha value is -2.94. The van der Waals surface area contributed by atoms with E-state index in [1.165, 1.54) is 9.87 Å². The van der Waals surface area contributed by atoms with E-state index in [4.69, 9.17) is 17.0 Å². The number of likely N-dealkylation sites (tertiary alicyclic amines) is 1. The average molecular weight is 525 g/mol. The monoisotopic (exact) mass is 524 g/mol. The highest BCUT2D eigenvalue weighted by atomic mass is 35.5. The van der Waals surface area contributed by atoms with Gasteiger partial charge < -0.3 is 9.80 Å². The standard InChI is InChI=1S/C27H29ClN4O3S/c1-19(29)31-11-10-24(18-31)20-2-4-21(5-3-20)27(33)30-12-14-32(15-13-30)36(34,35)26-9-7-22-16-25(28)8-6-23(22)17-26/h2-9,16-17,24,29H,10-15,18H2,1H3. The predicted molar refractivity (Wildman–Crippen MR) is 142 cm³/mol. The van der Waals surface area contributed by atoms with Crippen molar-refractivity contribution in [1.29, 1.82) is 5.41 Å². The van der Waals surface area contributed by atoms with Crippen LogP contribution in [0.25, 0.3) is 10.8 Å². The number of halogens is 1. The molecule has 7 nitrogen and oxygen atoms in total. The lowest BCUT2D eigenvalue weighted by Crippen LogP contribution is -2.50. The third-order valence-electron chi connectivity index (χ3n) is 7.23. The largest absolute Gasteiger partial charge is 0.360 e. The van der Waals surface area contributed by atoms with E-state index in [-0.39, 0.29) is 23.9 Å². The first-order valence-corrected chi connectivity index (χ1v) is 13.9. The number of nitrogens with one attached hydrogen (secondary N) is 1. The molecule has 0 spiro atoms. The molecule has 1 atom stereocenters. The van der Waals surface area contributed by atoms with E-state index in [9.17, 15) is 13.2 Å². The minimum Gasteiger partial charge on any atom is -0.360 e. The molecule has 1 amide bonds. The van der Waals surface area contributed by atoms with Gasteiger partial charge >= 0.3 is 0 Å². The lowest BCUT2D eigenvalue weighted by atomic mass is 9.97. The van der Waals surface area contributed by atoms with Gasteiger partial charge in [-0.15, -0.1) is 0 Å². The number of carbonyl (C=O) groups excluding carboxylic acids is 1. The van der Waals surface area contributed by atoms with Crippen molar-refractivity contribution in [2.75, 3.05) is 39.3 Å². The molecule has 0 aliphatic carbocycles. The second-order valence-electron chi connectivity index (χ2n) is 9.49. The maximum Gasteiger partial charge on any atom is 0.253 e. The summed E-state index contributed by atoms with van der Waals surface area (Å²) in [6.07, 6.45) is 1.00. The van der Waals surface area contributed by atoms with Gasteiger partial charge in [0.25, 0.3) is 5.91 Å². The molecule has 3 aromatic carbocycles. The molecule has 0 aromatic heterocycles. The molecule has 3 aromatic rings. The third-order valence-corrected chi connectivity index (χ3v) is 9.36. The molecule has 0 radical (unpaired) electrons. The van der Waals surface area contributed by atoms with E-state index in [1.54, 1.807) is 29.2 Å². The average Bonchev–Trinajstić information content (AvgIpc) is 3.39. The Bertz CT molecular complexity index is 1420. The van der Waals surface area contributed by atoms with Gasteiger partial charge in [-0.2, -0.15) is 4.31 Å². The molecule has 2 fully saturated rings. The summed E-state index contributed by atoms with van der Waals surface area (Å²) in [5, 5.41) is 10.1. The van der Waals surface area contributed by atoms with Crippen LogP contribution in [-0.2, 0) is 10.0 Å². The van der Waals surface area contributed by atoms with Crippen LogP contribution in [0.3, 0.4) is 0 Å². The van der Waals surface area contributed by atoms with Crippen LogP contribution in [-0.4, -0.2) is 73.5 Å². The van der Waals surface area contributed by atoms with Gasteiger partial charge in [0, 0.05) is 55.8 Å². The molecule has 0 saturated carbocycles. The van der Waals surface area contributed by atoms with E-state index < -0.39 is 10.0 Å². The van der Waals surface area contributed by atoms with Crippen molar-refractivity contribution >= 4 is 44.1 Å². The lowest BCUT2D eigenvalue weighted by molar-refractivity contribution is 0.0698. The Labute approximate surface area is 216 Å². The fourth-order valence-corrected chi connectivity index (χ4v) is 6.69. The van der Waals surface area contributed by atoms with E-state index in [1.807, 2.05) is 43.3 Å². The fraction of sp³-hybridized carbons (Fsp3) is 0.333. The summed E-state index contributed by atoms with van der Waals surface area (Å²) in [6.45, 7) is 4.74. The zero-order valence-corrected chi connectivity index (χ0v) is 21.7. The molecule has 5 rings (SSSR count). The number of amidine groups is 1. The van der Waals surface area contributed by atoms with Crippen LogP contribution in [0.2, 0.25) is 5.02 Å². The summed E-state index contributed by atoms with van der Waals surface area (Å²) >= 11 is 6.04. The minimum atomic E-state index is -3.66. The Balaban J connectivity index is 1.22. The summed E-state index contributed by atoms with van der Waals surface area (Å²) in [5.74, 6) is 0.885. The van der Waals surface area contributed by atoms with Crippen LogP contribution >= 0.6 is 11.6 Å². The molecule has 2 heterocycles. The quantitative estimate of drug-likeness (QED) is 0.404. The first-order chi connectivity index (χ1) is 17.2. The van der Waals surface area contributed by atoms with Crippen molar-refractivity contribution in [3.8, 4) is 0 Å². The molecule has 1 N–H and O–H groups in total. The van der Waals surface area contributed by atoms with Gasteiger partial charge in [0.05, 0.1) is 10.7 Å². The number of fused-ring (bicyclic) bond motifs is 1. The van der Waals surface area contributed by atoms with Crippen molar-refractivity contribution in [3.63, 3.8) is 0 Å². The lowest BCUT2D eigenvalue weighted by Gasteiger charge is -2.34. The van der Waals surface area contributed by atoms with Crippen LogP contribution in [0.4, 0.5) is 0 Å². The second kappa shape index (κ2) is 9.84. The van der Waals surface area contributed by atoms with Gasteiger partial charge in [0.1, 0.15) is 0 Å². The molecule has 36 heavy (non-hydrogen) atoms. The third kappa shape index (κ3) is 4.85. The van der Waals surface area contributed by atoms with Gasteiger partial charge in [0.2, 0.25) is 10.0 Å². The van der Waals surface area contributed by atoms with Gasteiger partial charge in [-0.25, -0.2) is 8.42 Å². The molecule has 188 valence electrons. The minimum absolute atomic E-state index is 0.0791. The number of piperazine rings is 1. The second-order valence-corrected chi connectivity index (χ2v) is 11.9. The Kier molecular flexibility index (Phi) is 6.76. The number of hydrogen-bond acceptors (Lipinski definition) is 4. The molecule has 1 unspecified atom stereocenters. The summed E-state index contributed by atoms with van der Waals surface area (Å²) < 4.78 is 28.0. The number of benzene rings is 3. The number of hydrogen-bond donors (Lipinski definition) is 1. The predicted octanol–water partition coefficient (Wildman–Crippen LogP) is 4.43. The van der Waals surface area contributed by atoms with Crippen LogP contribution in [0.15, 0.2) is 65.6 Å². The molecular weight excluding hydrogens is 496 g/mol. The van der Waals surface area contributed by atoms with E-state index in [0.717, 1.165) is 30.3 Å². The Morgan fingerprint density at radius 3 is 2.22 bits per heavy atom. The number of nitrogens with zero attached hydrogens (tertiary/aromatic N) is 3. The van der Waals surface area contributed by atoms with Gasteiger partial charge in [-0.05, 0) is 66.1 Å². The zero-order chi connectivity index (χ0) is 25.4. The topological polar surface area (TPSA) is 84.8 Å². The number of rotatable bonds is 4. The molecule has 2 aliphatic heterocycles. The Morgan fingerprint density at radius 2 is 1.56 bits per heavy atom. The van der Waals surface area contributed by atoms with Crippen molar-refractivity contribution in [2.45, 2.75) is 24.2 Å². The van der Waals surface area contributed by atoms with Crippen molar-refractivity contribution in [3.05, 3.63) is 76.8 Å². The summed E-state index contributed by atoms with van der Waals surface area (Å²) in [4.78, 5) is 17.1. The first kappa shape index (κ1) is 24.7. The summed E-state index contributed by atoms with van der Waals surface area (Å²) in [5.41, 5.74) is 1.80. The van der Waals surface area contributed by atoms with Crippen LogP contribution < -0.4 is 0 Å². The first-order valence-electron chi connectivity index (χ1n) is 12.1. The fourth-order valence-electron chi connectivity index (χ4n) is 5.05. The highest BCUT2D eigenvalue weighted by Crippen LogP contribution is 2.28. The normalized spacial score (nSPS) is 19.1. The van der Waals surface area contributed by atoms with E-state index >= 15 is 0 Å². The maximum atomic E-state index is 13.3. The Morgan fingerprint density at radius 1 is 0.889 bits per heavy atom. The van der Waals surface area contributed by atoms with Gasteiger partial charge in [-0.1, -0.05) is 35.9 Å². The highest BCUT2D eigenvalue weighted by Gasteiger charge is 2.31. The molecule has 0 bridgehead atoms. The highest BCUT2D eigenvalue weighted by molar-refractivity contribution is 7.89. The van der Waals surface area contributed by atoms with Crippen molar-refractivity contribution in [2.24, 2.45) is 0 Å². The number of amides is 1. The summed E-state index contributed by atoms with van der Waals surface area (Å²) in [7, 11) is -3.66. The number of carbonyl (C=O) groups is 1. The molecule has 9 heteroatoms. The van der Waals surface area contributed by atoms with Crippen LogP contribution in [0, 0.1) is 5.41 Å².